The van der Waals surface area contributed by atoms with Gasteiger partial charge in [0.25, 0.3) is 5.91 Å². The molecule has 98 valence electrons. The van der Waals surface area contributed by atoms with Gasteiger partial charge >= 0.3 is 0 Å². The fraction of sp³-hybridized carbons (Fsp3) is 0.462. The van der Waals surface area contributed by atoms with Crippen molar-refractivity contribution in [3.8, 4) is 0 Å². The first-order valence-corrected chi connectivity index (χ1v) is 7.41. The van der Waals surface area contributed by atoms with Crippen molar-refractivity contribution in [2.24, 2.45) is 0 Å². The van der Waals surface area contributed by atoms with E-state index in [0.29, 0.717) is 17.0 Å². The van der Waals surface area contributed by atoms with Crippen LogP contribution in [0, 0.1) is 0 Å². The molecule has 0 saturated heterocycles. The quantitative estimate of drug-likeness (QED) is 0.555. The van der Waals surface area contributed by atoms with E-state index in [9.17, 15) is 4.79 Å². The highest BCUT2D eigenvalue weighted by atomic mass is 79.9. The van der Waals surface area contributed by atoms with Gasteiger partial charge in [0.2, 0.25) is 0 Å². The maximum absolute atomic E-state index is 11.9. The van der Waals surface area contributed by atoms with Gasteiger partial charge in [-0.25, -0.2) is 0 Å². The second kappa shape index (κ2) is 6.59. The molecule has 0 atom stereocenters. The molecule has 0 bridgehead atoms. The van der Waals surface area contributed by atoms with Gasteiger partial charge in [0, 0.05) is 22.0 Å². The third-order valence-electron chi connectivity index (χ3n) is 2.85. The van der Waals surface area contributed by atoms with E-state index >= 15 is 0 Å². The molecule has 3 nitrogen and oxygen atoms in total. The Morgan fingerprint density at radius 1 is 1.39 bits per heavy atom. The Kier molecular flexibility index (Phi) is 5.09. The van der Waals surface area contributed by atoms with Crippen molar-refractivity contribution in [2.45, 2.75) is 30.2 Å². The second-order valence-corrected chi connectivity index (χ2v) is 5.90. The molecule has 0 radical (unpaired) electrons. The van der Waals surface area contributed by atoms with E-state index in [4.69, 9.17) is 0 Å². The number of nitrogens with one attached hydrogen (secondary N) is 2. The summed E-state index contributed by atoms with van der Waals surface area (Å²) < 4.78 is 0.928. The largest absolute Gasteiger partial charge is 0.352 e. The molecule has 0 unspecified atom stereocenters. The Morgan fingerprint density at radius 2 is 2.17 bits per heavy atom. The summed E-state index contributed by atoms with van der Waals surface area (Å²) >= 11 is 7.65. The van der Waals surface area contributed by atoms with Gasteiger partial charge in [-0.3, -0.25) is 4.79 Å². The van der Waals surface area contributed by atoms with E-state index < -0.39 is 0 Å². The van der Waals surface area contributed by atoms with Gasteiger partial charge in [-0.1, -0.05) is 15.9 Å². The van der Waals surface area contributed by atoms with Crippen LogP contribution in [-0.4, -0.2) is 25.0 Å². The van der Waals surface area contributed by atoms with E-state index in [1.54, 1.807) is 6.07 Å². The van der Waals surface area contributed by atoms with Crippen LogP contribution in [-0.2, 0) is 0 Å². The van der Waals surface area contributed by atoms with Crippen LogP contribution in [0.5, 0.6) is 0 Å². The summed E-state index contributed by atoms with van der Waals surface area (Å²) in [5.41, 5.74) is 0.622. The van der Waals surface area contributed by atoms with Crippen molar-refractivity contribution in [3.63, 3.8) is 0 Å². The molecule has 1 aliphatic rings. The molecule has 2 N–H and O–H groups in total. The predicted molar refractivity (Wildman–Crippen MR) is 79.4 cm³/mol. The number of carbonyl (C=O) groups is 1. The van der Waals surface area contributed by atoms with E-state index in [1.165, 1.54) is 12.8 Å². The van der Waals surface area contributed by atoms with Gasteiger partial charge in [-0.2, -0.15) is 0 Å². The van der Waals surface area contributed by atoms with Crippen molar-refractivity contribution >= 4 is 34.5 Å². The van der Waals surface area contributed by atoms with Gasteiger partial charge in [-0.15, -0.1) is 12.6 Å². The van der Waals surface area contributed by atoms with E-state index in [-0.39, 0.29) is 5.91 Å². The van der Waals surface area contributed by atoms with Gasteiger partial charge in [-0.05, 0) is 44.0 Å². The van der Waals surface area contributed by atoms with Crippen molar-refractivity contribution in [1.29, 1.82) is 0 Å². The Balaban J connectivity index is 1.72. The Labute approximate surface area is 121 Å². The Hall–Kier alpha value is -0.520. The maximum Gasteiger partial charge on any atom is 0.252 e. The molecule has 2 rings (SSSR count). The number of rotatable bonds is 6. The lowest BCUT2D eigenvalue weighted by molar-refractivity contribution is 0.0950. The zero-order valence-electron chi connectivity index (χ0n) is 10.1. The molecule has 0 aromatic heterocycles. The van der Waals surface area contributed by atoms with Crippen LogP contribution in [0.25, 0.3) is 0 Å². The van der Waals surface area contributed by atoms with Gasteiger partial charge in [0.1, 0.15) is 0 Å². The number of benzene rings is 1. The first-order chi connectivity index (χ1) is 8.66. The molecule has 1 aromatic carbocycles. The second-order valence-electron chi connectivity index (χ2n) is 4.50. The number of amides is 1. The number of hydrogen-bond acceptors (Lipinski definition) is 3. The Bertz CT molecular complexity index is 435. The molecule has 1 aliphatic carbocycles. The van der Waals surface area contributed by atoms with Crippen LogP contribution in [0.3, 0.4) is 0 Å². The minimum absolute atomic E-state index is 0.0566. The summed E-state index contributed by atoms with van der Waals surface area (Å²) in [6.45, 7) is 1.67. The summed E-state index contributed by atoms with van der Waals surface area (Å²) in [7, 11) is 0. The average molecular weight is 329 g/mol. The minimum Gasteiger partial charge on any atom is -0.352 e. The maximum atomic E-state index is 11.9. The first-order valence-electron chi connectivity index (χ1n) is 6.17. The molecule has 18 heavy (non-hydrogen) atoms. The number of thiol groups is 1. The van der Waals surface area contributed by atoms with Crippen LogP contribution in [0.2, 0.25) is 0 Å². The monoisotopic (exact) mass is 328 g/mol. The number of halogens is 1. The molecule has 1 fully saturated rings. The molecule has 1 saturated carbocycles. The third-order valence-corrected chi connectivity index (χ3v) is 3.72. The summed E-state index contributed by atoms with van der Waals surface area (Å²) in [5.74, 6) is -0.0566. The van der Waals surface area contributed by atoms with Crippen LogP contribution < -0.4 is 10.6 Å². The molecule has 0 spiro atoms. The SMILES string of the molecule is O=C(NCCCNC1CC1)c1ccc(Br)cc1S. The van der Waals surface area contributed by atoms with E-state index in [0.717, 1.165) is 23.5 Å². The topological polar surface area (TPSA) is 41.1 Å². The molecule has 0 aliphatic heterocycles. The number of carbonyl (C=O) groups excluding carboxylic acids is 1. The molecule has 1 amide bonds. The molecule has 1 aromatic rings. The predicted octanol–water partition coefficient (Wildman–Crippen LogP) is 2.61. The summed E-state index contributed by atoms with van der Waals surface area (Å²) in [5, 5.41) is 6.33. The zero-order chi connectivity index (χ0) is 13.0. The highest BCUT2D eigenvalue weighted by Gasteiger charge is 2.19. The zero-order valence-corrected chi connectivity index (χ0v) is 12.6. The molecule has 5 heteroatoms. The highest BCUT2D eigenvalue weighted by Crippen LogP contribution is 2.20. The third kappa shape index (κ3) is 4.30. The Morgan fingerprint density at radius 3 is 2.83 bits per heavy atom. The molecular weight excluding hydrogens is 312 g/mol. The van der Waals surface area contributed by atoms with Crippen molar-refractivity contribution in [2.75, 3.05) is 13.1 Å². The van der Waals surface area contributed by atoms with Gasteiger partial charge in [0.15, 0.2) is 0 Å². The van der Waals surface area contributed by atoms with Gasteiger partial charge < -0.3 is 10.6 Å². The first kappa shape index (κ1) is 13.9. The fourth-order valence-electron chi connectivity index (χ4n) is 1.68. The van der Waals surface area contributed by atoms with E-state index in [2.05, 4.69) is 39.2 Å². The highest BCUT2D eigenvalue weighted by molar-refractivity contribution is 9.10. The standard InChI is InChI=1S/C13H17BrN2OS/c14-9-2-5-11(12(18)8-9)13(17)16-7-1-6-15-10-3-4-10/h2,5,8,10,15,18H,1,3-4,6-7H2,(H,16,17). The summed E-state index contributed by atoms with van der Waals surface area (Å²) in [6, 6.07) is 6.19. The lowest BCUT2D eigenvalue weighted by Crippen LogP contribution is -2.28. The van der Waals surface area contributed by atoms with Crippen molar-refractivity contribution in [1.82, 2.24) is 10.6 Å². The minimum atomic E-state index is -0.0566. The molecular formula is C13H17BrN2OS. The summed E-state index contributed by atoms with van der Waals surface area (Å²) in [6.07, 6.45) is 3.56. The lowest BCUT2D eigenvalue weighted by Gasteiger charge is -2.08. The van der Waals surface area contributed by atoms with Crippen LogP contribution >= 0.6 is 28.6 Å². The smallest absolute Gasteiger partial charge is 0.252 e. The number of hydrogen-bond donors (Lipinski definition) is 3. The van der Waals surface area contributed by atoms with Crippen molar-refractivity contribution in [3.05, 3.63) is 28.2 Å². The lowest BCUT2D eigenvalue weighted by atomic mass is 10.2. The van der Waals surface area contributed by atoms with Crippen molar-refractivity contribution < 1.29 is 4.79 Å². The molecule has 0 heterocycles. The average Bonchev–Trinajstić information content (AvgIpc) is 3.12. The van der Waals surface area contributed by atoms with Crippen LogP contribution in [0.4, 0.5) is 0 Å². The van der Waals surface area contributed by atoms with Crippen LogP contribution in [0.15, 0.2) is 27.6 Å². The summed E-state index contributed by atoms with van der Waals surface area (Å²) in [4.78, 5) is 12.6. The normalized spacial score (nSPS) is 14.6. The fourth-order valence-corrected chi connectivity index (χ4v) is 2.53. The van der Waals surface area contributed by atoms with E-state index in [1.807, 2.05) is 12.1 Å². The van der Waals surface area contributed by atoms with Gasteiger partial charge in [0.05, 0.1) is 5.56 Å². The van der Waals surface area contributed by atoms with Crippen LogP contribution in [0.1, 0.15) is 29.6 Å².